The van der Waals surface area contributed by atoms with Crippen LogP contribution in [0.4, 0.5) is 0 Å². The Morgan fingerprint density at radius 1 is 1.42 bits per heavy atom. The Bertz CT molecular complexity index is 916. The van der Waals surface area contributed by atoms with Crippen LogP contribution in [0.2, 0.25) is 5.02 Å². The standard InChI is InChI=1S/C19H21ClN4O2/c1-4-26-17(25)14-10-15(19(3)7-8-22-18(21)24-19)23-16(14)13-9-12(20)6-5-11(13)2/h5-6,8-10,23H,4,7H2,1-3H3,(H2,21,24). The van der Waals surface area contributed by atoms with Gasteiger partial charge in [-0.3, -0.25) is 0 Å². The predicted octanol–water partition coefficient (Wildman–Crippen LogP) is 3.82. The number of hydrogen-bond acceptors (Lipinski definition) is 5. The van der Waals surface area contributed by atoms with Gasteiger partial charge < -0.3 is 15.5 Å². The van der Waals surface area contributed by atoms with Crippen LogP contribution >= 0.6 is 11.6 Å². The first-order valence-corrected chi connectivity index (χ1v) is 8.77. The number of aliphatic imine (C=N–C) groups is 2. The molecule has 0 fully saturated rings. The molecule has 0 aliphatic carbocycles. The Morgan fingerprint density at radius 2 is 2.19 bits per heavy atom. The van der Waals surface area contributed by atoms with Crippen molar-refractivity contribution in [2.75, 3.05) is 6.61 Å². The van der Waals surface area contributed by atoms with Gasteiger partial charge in [-0.2, -0.15) is 0 Å². The maximum Gasteiger partial charge on any atom is 0.340 e. The number of aryl methyl sites for hydroxylation is 1. The maximum atomic E-state index is 12.5. The smallest absolute Gasteiger partial charge is 0.340 e. The normalized spacial score (nSPS) is 19.3. The third kappa shape index (κ3) is 3.37. The minimum absolute atomic E-state index is 0.214. The van der Waals surface area contributed by atoms with E-state index in [1.165, 1.54) is 0 Å². The number of aromatic amines is 1. The van der Waals surface area contributed by atoms with E-state index in [4.69, 9.17) is 22.1 Å². The van der Waals surface area contributed by atoms with Crippen LogP contribution in [0.15, 0.2) is 34.3 Å². The topological polar surface area (TPSA) is 92.8 Å². The molecule has 0 saturated carbocycles. The van der Waals surface area contributed by atoms with Crippen molar-refractivity contribution < 1.29 is 9.53 Å². The van der Waals surface area contributed by atoms with Gasteiger partial charge in [-0.25, -0.2) is 14.8 Å². The molecule has 2 heterocycles. The second-order valence-electron chi connectivity index (χ2n) is 6.41. The molecular weight excluding hydrogens is 352 g/mol. The van der Waals surface area contributed by atoms with Gasteiger partial charge in [0.05, 0.1) is 17.9 Å². The second kappa shape index (κ2) is 6.96. The van der Waals surface area contributed by atoms with Crippen molar-refractivity contribution in [2.45, 2.75) is 32.7 Å². The molecule has 0 saturated heterocycles. The Balaban J connectivity index is 2.17. The van der Waals surface area contributed by atoms with Gasteiger partial charge in [0.25, 0.3) is 0 Å². The van der Waals surface area contributed by atoms with E-state index in [0.717, 1.165) is 16.8 Å². The number of benzene rings is 1. The number of esters is 1. The van der Waals surface area contributed by atoms with Crippen molar-refractivity contribution in [2.24, 2.45) is 15.7 Å². The number of nitrogens with one attached hydrogen (secondary N) is 1. The van der Waals surface area contributed by atoms with Crippen molar-refractivity contribution in [3.63, 3.8) is 0 Å². The van der Waals surface area contributed by atoms with Crippen LogP contribution in [-0.4, -0.2) is 29.7 Å². The minimum atomic E-state index is -0.627. The average Bonchev–Trinajstić information content (AvgIpc) is 3.03. The SMILES string of the molecule is CCOC(=O)c1cc(C2(C)CC=NC(N)=N2)[nH]c1-c1cc(Cl)ccc1C. The average molecular weight is 373 g/mol. The van der Waals surface area contributed by atoms with E-state index < -0.39 is 11.5 Å². The molecule has 136 valence electrons. The van der Waals surface area contributed by atoms with Crippen LogP contribution in [0.1, 0.15) is 41.9 Å². The van der Waals surface area contributed by atoms with Crippen LogP contribution in [0.5, 0.6) is 0 Å². The van der Waals surface area contributed by atoms with Crippen LogP contribution < -0.4 is 5.73 Å². The molecule has 1 aliphatic heterocycles. The molecule has 3 rings (SSSR count). The molecule has 1 aromatic heterocycles. The van der Waals surface area contributed by atoms with E-state index in [9.17, 15) is 4.79 Å². The fourth-order valence-electron chi connectivity index (χ4n) is 3.00. The number of rotatable bonds is 4. The summed E-state index contributed by atoms with van der Waals surface area (Å²) in [4.78, 5) is 24.4. The van der Waals surface area contributed by atoms with E-state index in [-0.39, 0.29) is 5.96 Å². The first-order chi connectivity index (χ1) is 12.3. The largest absolute Gasteiger partial charge is 0.462 e. The molecule has 2 aromatic rings. The summed E-state index contributed by atoms with van der Waals surface area (Å²) in [5, 5.41) is 0.592. The molecule has 1 aliphatic rings. The highest BCUT2D eigenvalue weighted by molar-refractivity contribution is 6.31. The monoisotopic (exact) mass is 372 g/mol. The molecule has 3 N–H and O–H groups in total. The number of nitrogens with two attached hydrogens (primary N) is 1. The Hall–Kier alpha value is -2.60. The summed E-state index contributed by atoms with van der Waals surface area (Å²) >= 11 is 6.18. The predicted molar refractivity (Wildman–Crippen MR) is 104 cm³/mol. The number of nitrogens with zero attached hydrogens (tertiary/aromatic N) is 2. The zero-order valence-electron chi connectivity index (χ0n) is 15.0. The number of H-pyrrole nitrogens is 1. The molecule has 1 atom stereocenters. The van der Waals surface area contributed by atoms with Crippen LogP contribution in [0, 0.1) is 6.92 Å². The summed E-state index contributed by atoms with van der Waals surface area (Å²) in [6.45, 7) is 5.98. The molecule has 1 unspecified atom stereocenters. The highest BCUT2D eigenvalue weighted by Gasteiger charge is 2.32. The summed E-state index contributed by atoms with van der Waals surface area (Å²) in [6.07, 6.45) is 2.31. The zero-order valence-corrected chi connectivity index (χ0v) is 15.7. The highest BCUT2D eigenvalue weighted by Crippen LogP contribution is 2.36. The van der Waals surface area contributed by atoms with Crippen molar-refractivity contribution >= 4 is 29.7 Å². The van der Waals surface area contributed by atoms with Crippen molar-refractivity contribution in [1.82, 2.24) is 4.98 Å². The molecule has 1 aromatic carbocycles. The minimum Gasteiger partial charge on any atom is -0.462 e. The lowest BCUT2D eigenvalue weighted by atomic mass is 9.94. The van der Waals surface area contributed by atoms with E-state index in [2.05, 4.69) is 15.0 Å². The second-order valence-corrected chi connectivity index (χ2v) is 6.85. The van der Waals surface area contributed by atoms with Crippen molar-refractivity contribution in [3.05, 3.63) is 46.1 Å². The van der Waals surface area contributed by atoms with Gasteiger partial charge >= 0.3 is 5.97 Å². The lowest BCUT2D eigenvalue weighted by Crippen LogP contribution is -2.28. The van der Waals surface area contributed by atoms with Gasteiger partial charge in [-0.05, 0) is 44.5 Å². The van der Waals surface area contributed by atoms with Crippen molar-refractivity contribution in [1.29, 1.82) is 0 Å². The number of carbonyl (C=O) groups is 1. The lowest BCUT2D eigenvalue weighted by molar-refractivity contribution is 0.0527. The summed E-state index contributed by atoms with van der Waals surface area (Å²) in [5.41, 5.74) is 8.87. The van der Waals surface area contributed by atoms with Gasteiger partial charge in [-0.1, -0.05) is 17.7 Å². The van der Waals surface area contributed by atoms with E-state index in [1.54, 1.807) is 19.2 Å². The number of aromatic nitrogens is 1. The van der Waals surface area contributed by atoms with E-state index >= 15 is 0 Å². The first-order valence-electron chi connectivity index (χ1n) is 8.39. The summed E-state index contributed by atoms with van der Waals surface area (Å²) in [6, 6.07) is 7.34. The quantitative estimate of drug-likeness (QED) is 0.799. The number of carbonyl (C=O) groups excluding carboxylic acids is 1. The summed E-state index contributed by atoms with van der Waals surface area (Å²) < 4.78 is 5.24. The highest BCUT2D eigenvalue weighted by atomic mass is 35.5. The van der Waals surface area contributed by atoms with Gasteiger partial charge in [0.15, 0.2) is 0 Å². The fraction of sp³-hybridized carbons (Fsp3) is 0.316. The Kier molecular flexibility index (Phi) is 4.87. The molecule has 0 radical (unpaired) electrons. The molecule has 6 nitrogen and oxygen atoms in total. The number of halogens is 1. The molecular formula is C19H21ClN4O2. The third-order valence-corrected chi connectivity index (χ3v) is 4.67. The number of ether oxygens (including phenoxy) is 1. The van der Waals surface area contributed by atoms with Crippen molar-refractivity contribution in [3.8, 4) is 11.3 Å². The van der Waals surface area contributed by atoms with Gasteiger partial charge in [-0.15, -0.1) is 0 Å². The van der Waals surface area contributed by atoms with Gasteiger partial charge in [0.1, 0.15) is 5.54 Å². The maximum absolute atomic E-state index is 12.5. The molecule has 26 heavy (non-hydrogen) atoms. The number of hydrogen-bond donors (Lipinski definition) is 2. The molecule has 0 amide bonds. The summed E-state index contributed by atoms with van der Waals surface area (Å²) in [5.74, 6) is -0.180. The van der Waals surface area contributed by atoms with E-state index in [0.29, 0.717) is 29.3 Å². The zero-order chi connectivity index (χ0) is 18.9. The first kappa shape index (κ1) is 18.2. The van der Waals surface area contributed by atoms with Crippen LogP contribution in [-0.2, 0) is 10.3 Å². The third-order valence-electron chi connectivity index (χ3n) is 4.44. The Labute approximate surface area is 157 Å². The van der Waals surface area contributed by atoms with Gasteiger partial charge in [0.2, 0.25) is 5.96 Å². The molecule has 0 spiro atoms. The Morgan fingerprint density at radius 3 is 2.88 bits per heavy atom. The lowest BCUT2D eigenvalue weighted by Gasteiger charge is -2.25. The van der Waals surface area contributed by atoms with Gasteiger partial charge in [0, 0.05) is 28.9 Å². The van der Waals surface area contributed by atoms with E-state index in [1.807, 2.05) is 32.0 Å². The fourth-order valence-corrected chi connectivity index (χ4v) is 3.18. The van der Waals surface area contributed by atoms with Crippen LogP contribution in [0.25, 0.3) is 11.3 Å². The number of guanidine groups is 1. The van der Waals surface area contributed by atoms with Crippen LogP contribution in [0.3, 0.4) is 0 Å². The molecule has 7 heteroatoms. The molecule has 0 bridgehead atoms. The summed E-state index contributed by atoms with van der Waals surface area (Å²) in [7, 11) is 0.